The van der Waals surface area contributed by atoms with Crippen molar-refractivity contribution in [3.8, 4) is 0 Å². The van der Waals surface area contributed by atoms with E-state index in [2.05, 4.69) is 24.9 Å². The molecule has 3 saturated carbocycles. The van der Waals surface area contributed by atoms with Gasteiger partial charge < -0.3 is 14.2 Å². The van der Waals surface area contributed by atoms with Crippen molar-refractivity contribution >= 4 is 11.9 Å². The SMILES string of the molecule is CC(=O)O[C@H]1CCC2(C)C(=CCC3C2CCC2(C)C(C(C)C(=O)OCC4OC(n5cc(C)c(=O)[nH]c5=O)C[C@@H]4F)CCC32)C1. The number of aryl methyl sites for hydroxylation is 1. The lowest BCUT2D eigenvalue weighted by atomic mass is 9.47. The average molecular weight is 615 g/mol. The average Bonchev–Trinajstić information content (AvgIpc) is 3.52. The Morgan fingerprint density at radius 1 is 1.16 bits per heavy atom. The number of halogens is 1. The summed E-state index contributed by atoms with van der Waals surface area (Å²) in [6, 6.07) is 0. The predicted octanol–water partition coefficient (Wildman–Crippen LogP) is 5.16. The molecule has 0 spiro atoms. The number of H-pyrrole nitrogens is 1. The fourth-order valence-electron chi connectivity index (χ4n) is 10.1. The highest BCUT2D eigenvalue weighted by Gasteiger charge is 2.60. The standard InChI is InChI=1S/C34H47FN2O7/c1-18-16-37(32(41)36-30(18)39)29-15-27(35)28(44-29)17-42-31(40)19(2)24-8-9-25-23-7-6-21-14-22(43-20(3)38)10-12-33(21,4)26(23)11-13-34(24,25)5/h6,16,19,22-29H,7-15,17H2,1-5H3,(H,36,39,41)/t19?,22-,23?,24?,25?,26?,27-,28?,29?,33?,34?/m0/s1. The summed E-state index contributed by atoms with van der Waals surface area (Å²) in [6.45, 7) is 9.61. The number of allylic oxidation sites excluding steroid dienone is 1. The van der Waals surface area contributed by atoms with E-state index in [1.54, 1.807) is 6.92 Å². The van der Waals surface area contributed by atoms with Crippen molar-refractivity contribution in [2.24, 2.45) is 40.4 Å². The highest BCUT2D eigenvalue weighted by atomic mass is 19.1. The Kier molecular flexibility index (Phi) is 8.21. The monoisotopic (exact) mass is 614 g/mol. The van der Waals surface area contributed by atoms with Crippen LogP contribution >= 0.6 is 0 Å². The highest BCUT2D eigenvalue weighted by Crippen LogP contribution is 2.67. The number of alkyl halides is 1. The van der Waals surface area contributed by atoms with E-state index in [0.717, 1.165) is 51.4 Å². The Hall–Kier alpha value is -2.75. The minimum absolute atomic E-state index is 0.0101. The predicted molar refractivity (Wildman–Crippen MR) is 160 cm³/mol. The number of carbonyl (C=O) groups excluding carboxylic acids is 2. The van der Waals surface area contributed by atoms with Crippen LogP contribution in [0, 0.1) is 47.3 Å². The Morgan fingerprint density at radius 3 is 2.68 bits per heavy atom. The van der Waals surface area contributed by atoms with Gasteiger partial charge in [-0.25, -0.2) is 9.18 Å². The van der Waals surface area contributed by atoms with Crippen molar-refractivity contribution < 1.29 is 28.2 Å². The molecule has 4 aliphatic carbocycles. The van der Waals surface area contributed by atoms with Gasteiger partial charge in [0.2, 0.25) is 0 Å². The van der Waals surface area contributed by atoms with Gasteiger partial charge in [-0.2, -0.15) is 0 Å². The summed E-state index contributed by atoms with van der Waals surface area (Å²) in [6.07, 6.45) is 8.63. The van der Waals surface area contributed by atoms with Crippen molar-refractivity contribution in [1.29, 1.82) is 0 Å². The van der Waals surface area contributed by atoms with Crippen LogP contribution in [0.25, 0.3) is 0 Å². The lowest BCUT2D eigenvalue weighted by Gasteiger charge is -2.58. The van der Waals surface area contributed by atoms with Gasteiger partial charge in [0.1, 0.15) is 31.2 Å². The van der Waals surface area contributed by atoms with Crippen LogP contribution in [0.3, 0.4) is 0 Å². The number of nitrogens with zero attached hydrogens (tertiary/aromatic N) is 1. The summed E-state index contributed by atoms with van der Waals surface area (Å²) in [5.41, 5.74) is 0.835. The number of hydrogen-bond donors (Lipinski definition) is 1. The first-order valence-electron chi connectivity index (χ1n) is 16.5. The maximum absolute atomic E-state index is 14.9. The molecule has 5 aliphatic rings. The van der Waals surface area contributed by atoms with E-state index in [9.17, 15) is 23.6 Å². The summed E-state index contributed by atoms with van der Waals surface area (Å²) in [5, 5.41) is 0. The first-order valence-corrected chi connectivity index (χ1v) is 16.5. The number of hydrogen-bond acceptors (Lipinski definition) is 7. The first kappa shape index (κ1) is 31.2. The summed E-state index contributed by atoms with van der Waals surface area (Å²) >= 11 is 0. The second-order valence-corrected chi connectivity index (χ2v) is 14.7. The molecule has 6 rings (SSSR count). The maximum atomic E-state index is 14.9. The van der Waals surface area contributed by atoms with Gasteiger partial charge in [-0.15, -0.1) is 0 Å². The topological polar surface area (TPSA) is 117 Å². The fourth-order valence-corrected chi connectivity index (χ4v) is 10.1. The Morgan fingerprint density at radius 2 is 1.93 bits per heavy atom. The number of rotatable bonds is 6. The van der Waals surface area contributed by atoms with E-state index in [-0.39, 0.29) is 53.7 Å². The molecule has 1 N–H and O–H groups in total. The summed E-state index contributed by atoms with van der Waals surface area (Å²) in [7, 11) is 0. The molecule has 1 aliphatic heterocycles. The van der Waals surface area contributed by atoms with Crippen LogP contribution in [0.5, 0.6) is 0 Å². The van der Waals surface area contributed by atoms with E-state index in [1.807, 2.05) is 6.92 Å². The van der Waals surface area contributed by atoms with Gasteiger partial charge in [0.25, 0.3) is 5.56 Å². The van der Waals surface area contributed by atoms with Crippen LogP contribution in [0.15, 0.2) is 27.4 Å². The smallest absolute Gasteiger partial charge is 0.330 e. The van der Waals surface area contributed by atoms with Crippen LogP contribution < -0.4 is 11.2 Å². The molecule has 1 aromatic heterocycles. The molecule has 1 aromatic rings. The lowest BCUT2D eigenvalue weighted by Crippen LogP contribution is -2.51. The first-order chi connectivity index (χ1) is 20.8. The van der Waals surface area contributed by atoms with Gasteiger partial charge >= 0.3 is 17.6 Å². The normalized spacial score (nSPS) is 40.3. The van der Waals surface area contributed by atoms with Crippen molar-refractivity contribution in [2.75, 3.05) is 6.61 Å². The summed E-state index contributed by atoms with van der Waals surface area (Å²) in [4.78, 5) is 51.2. The Bertz CT molecular complexity index is 1450. The number of ether oxygens (including phenoxy) is 3. The van der Waals surface area contributed by atoms with E-state index in [0.29, 0.717) is 23.3 Å². The molecular weight excluding hydrogens is 567 g/mol. The molecule has 0 aromatic carbocycles. The third-order valence-electron chi connectivity index (χ3n) is 12.4. The van der Waals surface area contributed by atoms with Gasteiger partial charge in [0, 0.05) is 31.5 Å². The molecule has 2 heterocycles. The largest absolute Gasteiger partial charge is 0.463 e. The molecule has 0 amide bonds. The number of esters is 2. The Balaban J connectivity index is 1.08. The zero-order valence-electron chi connectivity index (χ0n) is 26.6. The van der Waals surface area contributed by atoms with Gasteiger partial charge in [-0.05, 0) is 86.4 Å². The summed E-state index contributed by atoms with van der Waals surface area (Å²) < 4.78 is 33.2. The second-order valence-electron chi connectivity index (χ2n) is 14.7. The number of aromatic amines is 1. The van der Waals surface area contributed by atoms with Gasteiger partial charge in [0.05, 0.1) is 5.92 Å². The molecule has 9 unspecified atom stereocenters. The van der Waals surface area contributed by atoms with Crippen LogP contribution in [-0.2, 0) is 23.8 Å². The number of carbonyl (C=O) groups is 2. The maximum Gasteiger partial charge on any atom is 0.330 e. The van der Waals surface area contributed by atoms with Crippen LogP contribution in [0.1, 0.15) is 97.3 Å². The van der Waals surface area contributed by atoms with Gasteiger partial charge in [-0.1, -0.05) is 32.4 Å². The quantitative estimate of drug-likeness (QED) is 0.348. The number of aromatic nitrogens is 2. The molecule has 1 saturated heterocycles. The summed E-state index contributed by atoms with van der Waals surface area (Å²) in [5.74, 6) is 1.08. The van der Waals surface area contributed by atoms with Gasteiger partial charge in [0.15, 0.2) is 0 Å². The molecule has 9 nitrogen and oxygen atoms in total. The van der Waals surface area contributed by atoms with E-state index in [1.165, 1.54) is 23.3 Å². The fraction of sp³-hybridized carbons (Fsp3) is 0.765. The van der Waals surface area contributed by atoms with Crippen molar-refractivity contribution in [3.05, 3.63) is 44.2 Å². The molecular formula is C34H47FN2O7. The van der Waals surface area contributed by atoms with Gasteiger partial charge in [-0.3, -0.25) is 23.9 Å². The molecule has 4 fully saturated rings. The minimum atomic E-state index is -1.40. The van der Waals surface area contributed by atoms with Crippen LogP contribution in [-0.4, -0.2) is 46.5 Å². The lowest BCUT2D eigenvalue weighted by molar-refractivity contribution is -0.158. The molecule has 10 heteroatoms. The van der Waals surface area contributed by atoms with E-state index >= 15 is 0 Å². The molecule has 11 atom stereocenters. The second kappa shape index (κ2) is 11.6. The molecule has 0 bridgehead atoms. The van der Waals surface area contributed by atoms with Crippen LogP contribution in [0.4, 0.5) is 4.39 Å². The van der Waals surface area contributed by atoms with Crippen molar-refractivity contribution in [3.63, 3.8) is 0 Å². The van der Waals surface area contributed by atoms with E-state index in [4.69, 9.17) is 14.2 Å². The van der Waals surface area contributed by atoms with E-state index < -0.39 is 29.8 Å². The third-order valence-corrected chi connectivity index (χ3v) is 12.4. The van der Waals surface area contributed by atoms with Crippen molar-refractivity contribution in [1.82, 2.24) is 9.55 Å². The van der Waals surface area contributed by atoms with Crippen molar-refractivity contribution in [2.45, 2.75) is 117 Å². The minimum Gasteiger partial charge on any atom is -0.463 e. The number of fused-ring (bicyclic) bond motifs is 5. The molecule has 0 radical (unpaired) electrons. The molecule has 44 heavy (non-hydrogen) atoms. The molecule has 242 valence electrons. The third kappa shape index (κ3) is 5.28. The highest BCUT2D eigenvalue weighted by molar-refractivity contribution is 5.72. The zero-order chi connectivity index (χ0) is 31.6. The van der Waals surface area contributed by atoms with Crippen LogP contribution in [0.2, 0.25) is 0 Å². The number of nitrogens with one attached hydrogen (secondary N) is 1. The Labute approximate surface area is 257 Å². The zero-order valence-corrected chi connectivity index (χ0v) is 26.6.